The van der Waals surface area contributed by atoms with Crippen LogP contribution >= 0.6 is 11.6 Å². The van der Waals surface area contributed by atoms with Crippen LogP contribution in [0.2, 0.25) is 5.02 Å². The number of hydrogen-bond acceptors (Lipinski definition) is 6. The van der Waals surface area contributed by atoms with E-state index in [4.69, 9.17) is 16.3 Å². The Morgan fingerprint density at radius 3 is 2.55 bits per heavy atom. The van der Waals surface area contributed by atoms with Crippen molar-refractivity contribution in [3.8, 4) is 17.0 Å². The quantitative estimate of drug-likeness (QED) is 0.169. The molecule has 2 amide bonds. The zero-order valence-electron chi connectivity index (χ0n) is 32.7. The normalized spacial score (nSPS) is 17.9. The Hall–Kier alpha value is -5.55. The van der Waals surface area contributed by atoms with Crippen molar-refractivity contribution in [2.75, 3.05) is 56.2 Å². The predicted molar refractivity (Wildman–Crippen MR) is 229 cm³/mol. The van der Waals surface area contributed by atoms with Gasteiger partial charge in [-0.15, -0.1) is 0 Å². The number of amides is 2. The summed E-state index contributed by atoms with van der Waals surface area (Å²) in [6.45, 7) is 5.87. The fourth-order valence-electron chi connectivity index (χ4n) is 9.62. The van der Waals surface area contributed by atoms with Crippen molar-refractivity contribution in [2.24, 2.45) is 0 Å². The van der Waals surface area contributed by atoms with Crippen LogP contribution in [-0.2, 0) is 37.1 Å². The summed E-state index contributed by atoms with van der Waals surface area (Å²) in [5.74, 6) is -0.0425. The van der Waals surface area contributed by atoms with Crippen LogP contribution in [0.1, 0.15) is 55.9 Å². The van der Waals surface area contributed by atoms with Crippen LogP contribution in [0.3, 0.4) is 0 Å². The Kier molecular flexibility index (Phi) is 9.51. The van der Waals surface area contributed by atoms with Gasteiger partial charge >= 0.3 is 0 Å². The van der Waals surface area contributed by atoms with Gasteiger partial charge in [-0.05, 0) is 116 Å². The molecule has 0 unspecified atom stereocenters. The van der Waals surface area contributed by atoms with Crippen molar-refractivity contribution >= 4 is 51.4 Å². The minimum Gasteiger partial charge on any atom is -0.508 e. The number of phenols is 1. The largest absolute Gasteiger partial charge is 0.508 e. The predicted octanol–water partition coefficient (Wildman–Crippen LogP) is 8.20. The molecule has 0 bridgehead atoms. The van der Waals surface area contributed by atoms with Crippen LogP contribution in [-0.4, -0.2) is 88.8 Å². The zero-order chi connectivity index (χ0) is 39.5. The summed E-state index contributed by atoms with van der Waals surface area (Å²) in [5.41, 5.74) is 10.8. The zero-order valence-corrected chi connectivity index (χ0v) is 33.5. The number of carbonyl (C=O) groups excluding carboxylic acids is 2. The van der Waals surface area contributed by atoms with E-state index in [2.05, 4.69) is 55.6 Å². The summed E-state index contributed by atoms with van der Waals surface area (Å²) < 4.78 is 7.95. The molecule has 1 fully saturated rings. The Morgan fingerprint density at radius 1 is 0.879 bits per heavy atom. The fraction of sp³-hybridized carbons (Fsp3) is 0.319. The maximum Gasteiger partial charge on any atom is 0.264 e. The molecule has 2 N–H and O–H groups in total. The topological polar surface area (TPSA) is 97.3 Å². The maximum absolute atomic E-state index is 15.4. The average Bonchev–Trinajstić information content (AvgIpc) is 3.98. The lowest BCUT2D eigenvalue weighted by Crippen LogP contribution is -2.52. The summed E-state index contributed by atoms with van der Waals surface area (Å²) in [6, 6.07) is 27.1. The van der Waals surface area contributed by atoms with Gasteiger partial charge in [-0.2, -0.15) is 0 Å². The van der Waals surface area contributed by atoms with Crippen molar-refractivity contribution in [3.63, 3.8) is 0 Å². The molecule has 0 radical (unpaired) electrons. The van der Waals surface area contributed by atoms with Gasteiger partial charge in [0, 0.05) is 108 Å². The van der Waals surface area contributed by atoms with E-state index < -0.39 is 0 Å². The molecule has 1 atom stereocenters. The number of morpholine rings is 1. The number of hydrogen-bond donors (Lipinski definition) is 2. The van der Waals surface area contributed by atoms with Gasteiger partial charge in [0.1, 0.15) is 5.75 Å². The van der Waals surface area contributed by atoms with E-state index in [-0.39, 0.29) is 23.6 Å². The van der Waals surface area contributed by atoms with Crippen LogP contribution in [0.4, 0.5) is 17.1 Å². The minimum atomic E-state index is -0.146. The van der Waals surface area contributed by atoms with E-state index in [9.17, 15) is 5.11 Å². The summed E-state index contributed by atoms with van der Waals surface area (Å²) in [7, 11) is 2.08. The highest BCUT2D eigenvalue weighted by Crippen LogP contribution is 2.40. The Labute approximate surface area is 343 Å². The number of anilines is 3. The average molecular weight is 795 g/mol. The number of carbonyl (C=O) groups is 2. The third kappa shape index (κ3) is 6.53. The van der Waals surface area contributed by atoms with Gasteiger partial charge in [-0.3, -0.25) is 19.4 Å². The molecule has 6 aromatic rings. The van der Waals surface area contributed by atoms with Gasteiger partial charge in [-0.25, -0.2) is 0 Å². The molecular formula is C47H47ClN6O4. The molecule has 2 aromatic heterocycles. The number of H-pyrrole nitrogens is 1. The molecule has 1 saturated heterocycles. The molecule has 10 nitrogen and oxygen atoms in total. The van der Waals surface area contributed by atoms with Crippen LogP contribution in [0.15, 0.2) is 91.1 Å². The highest BCUT2D eigenvalue weighted by atomic mass is 35.5. The lowest BCUT2D eigenvalue weighted by atomic mass is 9.91. The van der Waals surface area contributed by atoms with Gasteiger partial charge in [0.15, 0.2) is 0 Å². The number of likely N-dealkylation sites (N-methyl/N-ethyl adjacent to an activating group) is 1. The highest BCUT2D eigenvalue weighted by molar-refractivity contribution is 6.31. The smallest absolute Gasteiger partial charge is 0.264 e. The van der Waals surface area contributed by atoms with Gasteiger partial charge in [0.25, 0.3) is 11.8 Å². The molecule has 296 valence electrons. The van der Waals surface area contributed by atoms with Crippen LogP contribution in [0, 0.1) is 0 Å². The summed E-state index contributed by atoms with van der Waals surface area (Å²) in [4.78, 5) is 42.5. The van der Waals surface area contributed by atoms with E-state index >= 15 is 9.59 Å². The van der Waals surface area contributed by atoms with Crippen molar-refractivity contribution in [1.82, 2.24) is 19.4 Å². The van der Waals surface area contributed by atoms with Crippen LogP contribution < -0.4 is 9.80 Å². The summed E-state index contributed by atoms with van der Waals surface area (Å²) in [6.07, 6.45) is 6.23. The number of ether oxygens (including phenoxy) is 1. The molecular weight excluding hydrogens is 748 g/mol. The maximum atomic E-state index is 15.4. The molecule has 6 heterocycles. The molecule has 4 aliphatic rings. The van der Waals surface area contributed by atoms with Crippen molar-refractivity contribution in [2.45, 2.75) is 51.2 Å². The van der Waals surface area contributed by atoms with Gasteiger partial charge in [0.05, 0.1) is 24.5 Å². The second kappa shape index (κ2) is 15.0. The van der Waals surface area contributed by atoms with Crippen molar-refractivity contribution < 1.29 is 19.4 Å². The van der Waals surface area contributed by atoms with Crippen LogP contribution in [0.5, 0.6) is 5.75 Å². The lowest BCUT2D eigenvalue weighted by Gasteiger charge is -2.41. The van der Waals surface area contributed by atoms with Gasteiger partial charge in [-0.1, -0.05) is 29.8 Å². The molecule has 10 rings (SSSR count). The van der Waals surface area contributed by atoms with E-state index in [1.165, 1.54) is 5.56 Å². The minimum absolute atomic E-state index is 0.0331. The number of fused-ring (bicyclic) bond motifs is 4. The number of aromatic amines is 1. The number of phenolic OH excluding ortho intramolecular Hbond substituents is 1. The molecule has 4 aromatic carbocycles. The standard InChI is InChI=1S/C47H47ClN6O4/c1-50-18-15-30-8-9-34(25-44(30)50)54(33-10-12-36(55)13-11-33)47(57)40-27-45(52-17-3-2-7-43(40)52)38-26-42-31(14-16-49-42)23-39(38)46(56)53-28-32-5-4-6-41(48)37(32)24-35(53)29-51-19-21-58-22-20-51/h4-6,8-14,16,23,25-27,35,49,55H,2-3,7,15,17-22,24,28-29H2,1H3/t35-/m0/s1. The first-order valence-electron chi connectivity index (χ1n) is 20.5. The van der Waals surface area contributed by atoms with Crippen molar-refractivity contribution in [1.29, 1.82) is 0 Å². The van der Waals surface area contributed by atoms with E-state index in [1.54, 1.807) is 29.2 Å². The third-order valence-corrected chi connectivity index (χ3v) is 13.1. The molecule has 58 heavy (non-hydrogen) atoms. The second-order valence-corrected chi connectivity index (χ2v) is 16.6. The summed E-state index contributed by atoms with van der Waals surface area (Å²) in [5, 5.41) is 11.9. The SMILES string of the molecule is CN1CCc2ccc(N(C(=O)c3cc(-c4cc5[nH]ccc5cc4C(=O)N4Cc5cccc(Cl)c5C[C@H]4CN4CCOCC4)n4c3CCCC4)c3ccc(O)cc3)cc21. The molecule has 0 spiro atoms. The lowest BCUT2D eigenvalue weighted by molar-refractivity contribution is 0.0193. The third-order valence-electron chi connectivity index (χ3n) is 12.7. The number of rotatable bonds is 7. The number of nitrogens with one attached hydrogen (secondary N) is 1. The van der Waals surface area contributed by atoms with Gasteiger partial charge in [0.2, 0.25) is 0 Å². The molecule has 0 aliphatic carbocycles. The highest BCUT2D eigenvalue weighted by Gasteiger charge is 2.36. The first-order chi connectivity index (χ1) is 28.3. The van der Waals surface area contributed by atoms with E-state index in [1.807, 2.05) is 42.6 Å². The number of benzene rings is 4. The molecule has 4 aliphatic heterocycles. The molecule has 0 saturated carbocycles. The number of nitrogens with zero attached hydrogens (tertiary/aromatic N) is 5. The first-order valence-corrected chi connectivity index (χ1v) is 20.9. The number of aromatic hydroxyl groups is 1. The monoisotopic (exact) mass is 794 g/mol. The Morgan fingerprint density at radius 2 is 1.71 bits per heavy atom. The van der Waals surface area contributed by atoms with Crippen LogP contribution in [0.25, 0.3) is 22.2 Å². The molecule has 11 heteroatoms. The number of aromatic nitrogens is 2. The number of halogens is 1. The van der Waals surface area contributed by atoms with E-state index in [0.29, 0.717) is 43.0 Å². The second-order valence-electron chi connectivity index (χ2n) is 16.2. The Bertz CT molecular complexity index is 2550. The summed E-state index contributed by atoms with van der Waals surface area (Å²) >= 11 is 6.80. The first kappa shape index (κ1) is 36.8. The van der Waals surface area contributed by atoms with Crippen molar-refractivity contribution in [3.05, 3.63) is 130 Å². The van der Waals surface area contributed by atoms with Gasteiger partial charge < -0.3 is 29.2 Å². The Balaban J connectivity index is 1.09. The fourth-order valence-corrected chi connectivity index (χ4v) is 9.89. The van der Waals surface area contributed by atoms with E-state index in [0.717, 1.165) is 114 Å².